The number of imide groups is 4. The standard InChI is InChI=1S/C37H33Cl2N3O10/c1-49-20-8-5-18(6-9-20)37-24(33(45)42(35(37)47)40-26-12-7-19(38)15-25(26)39)16-23-21(30(37)17-13-27(50-2)31(43)28(14-17)51-3)10-11-22-29(23)34(46)41(32(22)44)36(48)52-4/h5-10,12-15,22-24,29-30,40,43H,11,16H2,1-4H3. The predicted octanol–water partition coefficient (Wildman–Crippen LogP) is 5.48. The molecule has 0 spiro atoms. The number of nitrogens with zero attached hydrogens (tertiary/aromatic N) is 2. The highest BCUT2D eigenvalue weighted by atomic mass is 35.5. The minimum Gasteiger partial charge on any atom is -0.502 e. The number of carbonyl (C=O) groups excluding carboxylic acids is 5. The Morgan fingerprint density at radius 1 is 0.865 bits per heavy atom. The number of amides is 5. The molecule has 2 heterocycles. The Kier molecular flexibility index (Phi) is 8.82. The number of allylic oxidation sites excluding steroid dienone is 2. The first-order valence-corrected chi connectivity index (χ1v) is 17.0. The average molecular weight is 751 g/mol. The second kappa shape index (κ2) is 13.1. The maximum Gasteiger partial charge on any atom is 0.423 e. The summed E-state index contributed by atoms with van der Waals surface area (Å²) in [4.78, 5) is 71.0. The van der Waals surface area contributed by atoms with Crippen molar-refractivity contribution in [3.05, 3.63) is 87.4 Å². The predicted molar refractivity (Wildman–Crippen MR) is 186 cm³/mol. The number of rotatable bonds is 7. The molecule has 1 saturated carbocycles. The van der Waals surface area contributed by atoms with E-state index in [0.29, 0.717) is 32.4 Å². The van der Waals surface area contributed by atoms with Crippen molar-refractivity contribution in [2.75, 3.05) is 33.9 Å². The van der Waals surface area contributed by atoms with Crippen LogP contribution in [0.5, 0.6) is 23.0 Å². The lowest BCUT2D eigenvalue weighted by atomic mass is 9.49. The smallest absolute Gasteiger partial charge is 0.423 e. The van der Waals surface area contributed by atoms with E-state index in [-0.39, 0.29) is 40.8 Å². The summed E-state index contributed by atoms with van der Waals surface area (Å²) in [5.74, 6) is -7.19. The number of hydrazine groups is 1. The lowest BCUT2D eigenvalue weighted by Gasteiger charge is -2.50. The number of benzene rings is 3. The molecule has 13 nitrogen and oxygen atoms in total. The number of fused-ring (bicyclic) bond motifs is 4. The van der Waals surface area contributed by atoms with Crippen LogP contribution in [0.25, 0.3) is 0 Å². The molecule has 7 rings (SSSR count). The third-order valence-corrected chi connectivity index (χ3v) is 11.3. The van der Waals surface area contributed by atoms with E-state index in [1.165, 1.54) is 33.5 Å². The van der Waals surface area contributed by atoms with Gasteiger partial charge in [0, 0.05) is 10.9 Å². The molecule has 270 valence electrons. The zero-order valence-electron chi connectivity index (χ0n) is 28.3. The maximum absolute atomic E-state index is 15.4. The summed E-state index contributed by atoms with van der Waals surface area (Å²) in [6.07, 6.45) is 0.763. The first-order chi connectivity index (χ1) is 24.9. The van der Waals surface area contributed by atoms with Crippen LogP contribution in [0.2, 0.25) is 10.0 Å². The van der Waals surface area contributed by atoms with E-state index >= 15 is 4.79 Å². The second-order valence-corrected chi connectivity index (χ2v) is 13.8. The van der Waals surface area contributed by atoms with Gasteiger partial charge in [-0.05, 0) is 72.4 Å². The number of nitrogens with one attached hydrogen (secondary N) is 1. The number of likely N-dealkylation sites (tertiary alicyclic amines) is 1. The molecule has 3 aromatic carbocycles. The number of phenolic OH excluding ortho intramolecular Hbond substituents is 1. The maximum atomic E-state index is 15.4. The molecule has 3 aromatic rings. The Hall–Kier alpha value is -5.27. The number of anilines is 1. The highest BCUT2D eigenvalue weighted by Gasteiger charge is 2.70. The van der Waals surface area contributed by atoms with Gasteiger partial charge in [0.1, 0.15) is 5.75 Å². The minimum absolute atomic E-state index is 0.0347. The quantitative estimate of drug-likeness (QED) is 0.233. The molecule has 0 bridgehead atoms. The van der Waals surface area contributed by atoms with Crippen LogP contribution in [0.15, 0.2) is 66.2 Å². The number of ether oxygens (including phenoxy) is 4. The highest BCUT2D eigenvalue weighted by molar-refractivity contribution is 6.36. The topological polar surface area (TPSA) is 161 Å². The molecule has 2 aliphatic carbocycles. The molecule has 52 heavy (non-hydrogen) atoms. The van der Waals surface area contributed by atoms with Crippen molar-refractivity contribution < 1.29 is 48.0 Å². The van der Waals surface area contributed by atoms with E-state index in [1.807, 2.05) is 6.08 Å². The summed E-state index contributed by atoms with van der Waals surface area (Å²) in [7, 11) is 5.32. The van der Waals surface area contributed by atoms with Crippen molar-refractivity contribution in [3.8, 4) is 23.0 Å². The zero-order chi connectivity index (χ0) is 37.2. The number of methoxy groups -OCH3 is 4. The van der Waals surface area contributed by atoms with Crippen LogP contribution in [-0.2, 0) is 29.3 Å². The summed E-state index contributed by atoms with van der Waals surface area (Å²) < 4.78 is 21.3. The number of aromatic hydroxyl groups is 1. The van der Waals surface area contributed by atoms with Gasteiger partial charge in [-0.15, -0.1) is 0 Å². The van der Waals surface area contributed by atoms with E-state index in [2.05, 4.69) is 5.43 Å². The molecule has 0 aromatic heterocycles. The normalized spacial score (nSPS) is 26.3. The third-order valence-electron chi connectivity index (χ3n) is 10.8. The summed E-state index contributed by atoms with van der Waals surface area (Å²) in [5, 5.41) is 12.4. The summed E-state index contributed by atoms with van der Waals surface area (Å²) >= 11 is 12.6. The Morgan fingerprint density at radius 2 is 1.54 bits per heavy atom. The van der Waals surface area contributed by atoms with E-state index in [9.17, 15) is 24.3 Å². The molecule has 2 aliphatic heterocycles. The van der Waals surface area contributed by atoms with Crippen LogP contribution >= 0.6 is 23.2 Å². The molecule has 15 heteroatoms. The summed E-state index contributed by atoms with van der Waals surface area (Å²) in [6.45, 7) is 0. The number of phenols is 1. The molecular weight excluding hydrogens is 717 g/mol. The molecule has 0 radical (unpaired) electrons. The number of carbonyl (C=O) groups is 5. The van der Waals surface area contributed by atoms with Crippen LogP contribution in [0.3, 0.4) is 0 Å². The van der Waals surface area contributed by atoms with Crippen LogP contribution in [0.4, 0.5) is 10.5 Å². The van der Waals surface area contributed by atoms with Crippen molar-refractivity contribution >= 4 is 58.6 Å². The minimum atomic E-state index is -1.68. The number of hydrogen-bond acceptors (Lipinski definition) is 11. The first kappa shape index (κ1) is 35.1. The fourth-order valence-electron chi connectivity index (χ4n) is 8.57. The molecule has 6 atom stereocenters. The van der Waals surface area contributed by atoms with E-state index in [1.54, 1.807) is 42.5 Å². The van der Waals surface area contributed by atoms with Crippen molar-refractivity contribution in [2.24, 2.45) is 23.7 Å². The van der Waals surface area contributed by atoms with Crippen molar-refractivity contribution in [1.29, 1.82) is 0 Å². The van der Waals surface area contributed by atoms with Gasteiger partial charge in [-0.2, -0.15) is 9.91 Å². The fraction of sp³-hybridized carbons (Fsp3) is 0.324. The Bertz CT molecular complexity index is 2050. The largest absolute Gasteiger partial charge is 0.502 e. The van der Waals surface area contributed by atoms with Gasteiger partial charge < -0.3 is 24.1 Å². The molecule has 2 saturated heterocycles. The van der Waals surface area contributed by atoms with E-state index in [4.69, 9.17) is 42.1 Å². The van der Waals surface area contributed by atoms with Gasteiger partial charge in [0.05, 0.1) is 62.3 Å². The van der Waals surface area contributed by atoms with Gasteiger partial charge >= 0.3 is 6.09 Å². The lowest BCUT2D eigenvalue weighted by Crippen LogP contribution is -2.53. The summed E-state index contributed by atoms with van der Waals surface area (Å²) in [5.41, 5.74) is 2.98. The average Bonchev–Trinajstić information content (AvgIpc) is 3.53. The lowest BCUT2D eigenvalue weighted by molar-refractivity contribution is -0.140. The Morgan fingerprint density at radius 3 is 2.13 bits per heavy atom. The van der Waals surface area contributed by atoms with Gasteiger partial charge in [0.25, 0.3) is 11.8 Å². The van der Waals surface area contributed by atoms with Crippen LogP contribution in [0.1, 0.15) is 29.9 Å². The van der Waals surface area contributed by atoms with Crippen LogP contribution in [-0.4, -0.2) is 73.2 Å². The summed E-state index contributed by atoms with van der Waals surface area (Å²) in [6, 6.07) is 14.5. The Labute approximate surface area is 307 Å². The van der Waals surface area contributed by atoms with Crippen LogP contribution in [0, 0.1) is 23.7 Å². The van der Waals surface area contributed by atoms with E-state index < -0.39 is 64.7 Å². The molecular formula is C37H33Cl2N3O10. The zero-order valence-corrected chi connectivity index (χ0v) is 29.9. The van der Waals surface area contributed by atoms with Crippen LogP contribution < -0.4 is 19.6 Å². The van der Waals surface area contributed by atoms with Crippen molar-refractivity contribution in [1.82, 2.24) is 9.91 Å². The van der Waals surface area contributed by atoms with Gasteiger partial charge in [0.2, 0.25) is 17.6 Å². The first-order valence-electron chi connectivity index (χ1n) is 16.3. The Balaban J connectivity index is 1.50. The second-order valence-electron chi connectivity index (χ2n) is 13.0. The van der Waals surface area contributed by atoms with Gasteiger partial charge in [-0.3, -0.25) is 24.6 Å². The number of hydrogen-bond donors (Lipinski definition) is 2. The van der Waals surface area contributed by atoms with Gasteiger partial charge in [-0.25, -0.2) is 4.79 Å². The van der Waals surface area contributed by atoms with Crippen molar-refractivity contribution in [3.63, 3.8) is 0 Å². The highest BCUT2D eigenvalue weighted by Crippen LogP contribution is 2.65. The molecule has 6 unspecified atom stereocenters. The SMILES string of the molecule is COC(=O)N1C(=O)C2CC=C3C(CC4C(=O)N(Nc5ccc(Cl)cc5Cl)C(=O)C4(c4ccc(OC)cc4)C3c3cc(OC)c(O)c(OC)c3)C2C1=O. The molecule has 5 amide bonds. The fourth-order valence-corrected chi connectivity index (χ4v) is 9.02. The molecule has 2 N–H and O–H groups in total. The van der Waals surface area contributed by atoms with Gasteiger partial charge in [0.15, 0.2) is 11.5 Å². The monoisotopic (exact) mass is 749 g/mol. The van der Waals surface area contributed by atoms with E-state index in [0.717, 1.165) is 12.1 Å². The number of halogens is 2. The molecule has 3 fully saturated rings. The third kappa shape index (κ3) is 5.01. The van der Waals surface area contributed by atoms with Crippen molar-refractivity contribution in [2.45, 2.75) is 24.2 Å². The van der Waals surface area contributed by atoms with Gasteiger partial charge in [-0.1, -0.05) is 47.0 Å². The molecule has 4 aliphatic rings.